The van der Waals surface area contributed by atoms with Crippen LogP contribution in [0.3, 0.4) is 0 Å². The van der Waals surface area contributed by atoms with Gasteiger partial charge in [-0.2, -0.15) is 0 Å². The van der Waals surface area contributed by atoms with Crippen LogP contribution in [-0.2, 0) is 44.7 Å². The van der Waals surface area contributed by atoms with Crippen LogP contribution in [0.5, 0.6) is 0 Å². The van der Waals surface area contributed by atoms with Gasteiger partial charge in [0.25, 0.3) is 17.7 Å². The highest BCUT2D eigenvalue weighted by atomic mass is 32.1. The Bertz CT molecular complexity index is 1950. The minimum Gasteiger partial charge on any atom is -0.455 e. The zero-order valence-electron chi connectivity index (χ0n) is 41.9. The molecule has 0 fully saturated rings. The van der Waals surface area contributed by atoms with Crippen LogP contribution >= 0.6 is 11.3 Å². The Morgan fingerprint density at radius 3 is 2.06 bits per heavy atom. The predicted octanol–water partition coefficient (Wildman–Crippen LogP) is 6.33. The number of hydrogen-bond donors (Lipinski definition) is 4. The van der Waals surface area contributed by atoms with Gasteiger partial charge in [0.1, 0.15) is 10.7 Å². The number of nitrogens with zero attached hydrogens (tertiary/aromatic N) is 4. The van der Waals surface area contributed by atoms with E-state index < -0.39 is 12.1 Å². The lowest BCUT2D eigenvalue weighted by Crippen LogP contribution is -2.41. The largest absolute Gasteiger partial charge is 0.455 e. The molecule has 2 heterocycles. The maximum absolute atomic E-state index is 13.5. The molecule has 378 valence electrons. The molecule has 18 heteroatoms. The van der Waals surface area contributed by atoms with Crippen molar-refractivity contribution in [3.05, 3.63) is 58.1 Å². The van der Waals surface area contributed by atoms with E-state index >= 15 is 0 Å². The van der Waals surface area contributed by atoms with E-state index in [0.29, 0.717) is 68.6 Å². The van der Waals surface area contributed by atoms with Gasteiger partial charge in [-0.3, -0.25) is 43.3 Å². The minimum atomic E-state index is -0.716. The summed E-state index contributed by atoms with van der Waals surface area (Å²) in [4.78, 5) is 106. The van der Waals surface area contributed by atoms with Gasteiger partial charge in [-0.15, -0.1) is 11.3 Å². The summed E-state index contributed by atoms with van der Waals surface area (Å²) < 4.78 is 5.71. The molecule has 1 aliphatic rings. The molecule has 5 N–H and O–H groups in total. The van der Waals surface area contributed by atoms with Crippen molar-refractivity contribution in [3.63, 3.8) is 0 Å². The highest BCUT2D eigenvalue weighted by Crippen LogP contribution is 2.31. The third-order valence-electron chi connectivity index (χ3n) is 11.2. The zero-order chi connectivity index (χ0) is 50.8. The van der Waals surface area contributed by atoms with E-state index in [1.807, 2.05) is 47.0 Å². The lowest BCUT2D eigenvalue weighted by molar-refractivity contribution is -0.148. The number of thiazole rings is 1. The molecule has 1 aliphatic heterocycles. The molecule has 0 aliphatic carbocycles. The number of hydrogen-bond acceptors (Lipinski definition) is 12. The third kappa shape index (κ3) is 23.5. The number of imide groups is 1. The lowest BCUT2D eigenvalue weighted by atomic mass is 9.96. The fourth-order valence-electron chi connectivity index (χ4n) is 7.52. The van der Waals surface area contributed by atoms with E-state index in [1.54, 1.807) is 29.5 Å². The number of anilines is 1. The van der Waals surface area contributed by atoms with Gasteiger partial charge in [0.15, 0.2) is 6.10 Å². The molecule has 1 aromatic heterocycles. The quantitative estimate of drug-likeness (QED) is 0.0384. The number of benzene rings is 1. The first-order chi connectivity index (χ1) is 32.2. The molecule has 7 amide bonds. The van der Waals surface area contributed by atoms with Gasteiger partial charge < -0.3 is 36.2 Å². The van der Waals surface area contributed by atoms with Crippen molar-refractivity contribution >= 4 is 64.3 Å². The summed E-state index contributed by atoms with van der Waals surface area (Å²) in [5.41, 5.74) is 6.73. The van der Waals surface area contributed by atoms with Crippen molar-refractivity contribution in [1.29, 1.82) is 0 Å². The molecular weight excluding hydrogens is 889 g/mol. The molecule has 2 aromatic rings. The Hall–Kier alpha value is -5.49. The number of aromatic nitrogens is 1. The highest BCUT2D eigenvalue weighted by Gasteiger charge is 2.31. The van der Waals surface area contributed by atoms with Crippen molar-refractivity contribution in [2.24, 2.45) is 17.6 Å². The Morgan fingerprint density at radius 1 is 0.824 bits per heavy atom. The molecule has 3 atom stereocenters. The van der Waals surface area contributed by atoms with Crippen LogP contribution in [0.15, 0.2) is 41.8 Å². The van der Waals surface area contributed by atoms with Crippen molar-refractivity contribution < 1.29 is 43.1 Å². The fourth-order valence-corrected chi connectivity index (χ4v) is 8.36. The van der Waals surface area contributed by atoms with Crippen molar-refractivity contribution in [2.75, 3.05) is 46.1 Å². The summed E-state index contributed by atoms with van der Waals surface area (Å²) >= 11 is 1.25. The molecule has 0 saturated heterocycles. The topological polar surface area (TPSA) is 231 Å². The van der Waals surface area contributed by atoms with E-state index in [2.05, 4.69) is 39.7 Å². The summed E-state index contributed by atoms with van der Waals surface area (Å²) in [6.45, 7) is 12.8. The van der Waals surface area contributed by atoms with Gasteiger partial charge in [-0.25, -0.2) is 4.98 Å². The SMILES string of the molecule is CCCCC(=O)N(C)C(CC(OC(C)=O)c1nc(C(=O)NC(Cc2ccc(NC(=O)CNC(=O)CCCCCN3C(=O)C=CC3=O)cc2)CC(C)C)cs1)C(C)C.CN(C)CCCCCC(N)=O. The first-order valence-electron chi connectivity index (χ1n) is 24.0. The number of ether oxygens (including phenoxy) is 1. The number of primary amides is 1. The average Bonchev–Trinajstić information content (AvgIpc) is 3.89. The molecule has 68 heavy (non-hydrogen) atoms. The molecule has 0 saturated carbocycles. The van der Waals surface area contributed by atoms with E-state index in [9.17, 15) is 38.4 Å². The molecule has 0 radical (unpaired) electrons. The Balaban J connectivity index is 0.00000127. The van der Waals surface area contributed by atoms with Crippen molar-refractivity contribution in [1.82, 2.24) is 30.3 Å². The normalized spacial score (nSPS) is 13.5. The van der Waals surface area contributed by atoms with Gasteiger partial charge >= 0.3 is 5.97 Å². The Labute approximate surface area is 407 Å². The summed E-state index contributed by atoms with van der Waals surface area (Å²) in [5.74, 6) is -1.83. The Morgan fingerprint density at radius 2 is 1.47 bits per heavy atom. The van der Waals surface area contributed by atoms with Crippen LogP contribution < -0.4 is 21.7 Å². The monoisotopic (exact) mass is 967 g/mol. The second-order valence-electron chi connectivity index (χ2n) is 18.4. The van der Waals surface area contributed by atoms with Crippen LogP contribution in [0.2, 0.25) is 0 Å². The van der Waals surface area contributed by atoms with Crippen molar-refractivity contribution in [2.45, 2.75) is 150 Å². The molecule has 3 unspecified atom stereocenters. The van der Waals surface area contributed by atoms with Crippen molar-refractivity contribution in [3.8, 4) is 0 Å². The second-order valence-corrected chi connectivity index (χ2v) is 19.3. The average molecular weight is 967 g/mol. The van der Waals surface area contributed by atoms with Gasteiger partial charge in [-0.05, 0) is 95.1 Å². The number of amides is 7. The predicted molar refractivity (Wildman–Crippen MR) is 265 cm³/mol. The van der Waals surface area contributed by atoms with E-state index in [-0.39, 0.29) is 83.9 Å². The van der Waals surface area contributed by atoms with Crippen LogP contribution in [0.25, 0.3) is 0 Å². The number of rotatable bonds is 30. The highest BCUT2D eigenvalue weighted by molar-refractivity contribution is 7.09. The zero-order valence-corrected chi connectivity index (χ0v) is 42.7. The van der Waals surface area contributed by atoms with Crippen LogP contribution in [0.1, 0.15) is 152 Å². The summed E-state index contributed by atoms with van der Waals surface area (Å²) in [5, 5.41) is 10.7. The molecule has 0 spiro atoms. The third-order valence-corrected chi connectivity index (χ3v) is 12.1. The molecule has 0 bridgehead atoms. The molecule has 1 aromatic carbocycles. The van der Waals surface area contributed by atoms with E-state index in [1.165, 1.54) is 35.3 Å². The number of carbonyl (C=O) groups is 8. The standard InChI is InChI=1S/C42H60N6O8S.C8H18N2O/c1-8-9-14-38(52)47(7)34(28(4)5)24-35(56-29(6)49)42-46-33(26-57-42)41(55)45-32(22-27(2)3)23-30-15-17-31(18-16-30)44-37(51)25-43-36(50)13-11-10-12-21-48-39(53)19-20-40(48)54;1-10(2)7-5-3-4-6-8(9)11/h15-20,26-28,32,34-35H,8-14,21-25H2,1-7H3,(H,43,50)(H,44,51)(H,45,55);3-7H2,1-2H3,(H2,9,11). The summed E-state index contributed by atoms with van der Waals surface area (Å²) in [7, 11) is 5.89. The second kappa shape index (κ2) is 31.5. The summed E-state index contributed by atoms with van der Waals surface area (Å²) in [6.07, 6.45) is 11.3. The maximum atomic E-state index is 13.5. The van der Waals surface area contributed by atoms with Gasteiger partial charge in [0.05, 0.1) is 6.54 Å². The van der Waals surface area contributed by atoms with Gasteiger partial charge in [0.2, 0.25) is 23.6 Å². The number of carbonyl (C=O) groups excluding carboxylic acids is 8. The van der Waals surface area contributed by atoms with E-state index in [0.717, 1.165) is 44.2 Å². The van der Waals surface area contributed by atoms with Gasteiger partial charge in [-0.1, -0.05) is 66.0 Å². The van der Waals surface area contributed by atoms with Crippen LogP contribution in [0, 0.1) is 11.8 Å². The lowest BCUT2D eigenvalue weighted by Gasteiger charge is -2.33. The van der Waals surface area contributed by atoms with E-state index in [4.69, 9.17) is 10.5 Å². The number of esters is 1. The number of unbranched alkanes of at least 4 members (excludes halogenated alkanes) is 5. The molecular formula is C50H78N8O9S. The first kappa shape index (κ1) is 58.6. The smallest absolute Gasteiger partial charge is 0.303 e. The Kier molecular flexibility index (Phi) is 27.2. The van der Waals surface area contributed by atoms with Crippen LogP contribution in [0.4, 0.5) is 5.69 Å². The number of nitrogens with one attached hydrogen (secondary N) is 3. The molecule has 17 nitrogen and oxygen atoms in total. The molecule has 3 rings (SSSR count). The summed E-state index contributed by atoms with van der Waals surface area (Å²) in [6, 6.07) is 6.90. The van der Waals surface area contributed by atoms with Crippen LogP contribution in [-0.4, -0.2) is 120 Å². The maximum Gasteiger partial charge on any atom is 0.303 e. The fraction of sp³-hybridized carbons (Fsp3) is 0.620. The van der Waals surface area contributed by atoms with Gasteiger partial charge in [0, 0.05) is 81.5 Å². The number of nitrogens with two attached hydrogens (primary N) is 1. The first-order valence-corrected chi connectivity index (χ1v) is 24.9. The minimum absolute atomic E-state index is 0.0427.